The molecule has 0 radical (unpaired) electrons. The minimum Gasteiger partial charge on any atom is -0.394 e. The second-order valence-electron chi connectivity index (χ2n) is 2.41. The van der Waals surface area contributed by atoms with E-state index in [0.29, 0.717) is 0 Å². The second kappa shape index (κ2) is 5.65. The van der Waals surface area contributed by atoms with Crippen molar-refractivity contribution >= 4 is 0 Å². The molecule has 0 aromatic carbocycles. The number of hydrogen-bond acceptors (Lipinski definition) is 3. The fourth-order valence-electron chi connectivity index (χ4n) is 0.904. The third-order valence-corrected chi connectivity index (χ3v) is 1.58. The number of aliphatic hydroxyl groups excluding tert-OH is 1. The van der Waals surface area contributed by atoms with Crippen LogP contribution in [0.15, 0.2) is 0 Å². The van der Waals surface area contributed by atoms with Crippen molar-refractivity contribution in [1.82, 2.24) is 0 Å². The van der Waals surface area contributed by atoms with Gasteiger partial charge in [-0.05, 0) is 6.42 Å². The largest absolute Gasteiger partial charge is 0.394 e. The quantitative estimate of drug-likeness (QED) is 0.580. The molecule has 0 spiro atoms. The zero-order valence-corrected chi connectivity index (χ0v) is 6.71. The Kier molecular flexibility index (Phi) is 5.58. The molecule has 0 fully saturated rings. The topological polar surface area (TPSA) is 55.5 Å². The van der Waals surface area contributed by atoms with E-state index in [0.717, 1.165) is 12.8 Å². The molecule has 3 nitrogen and oxygen atoms in total. The summed E-state index contributed by atoms with van der Waals surface area (Å²) in [5, 5.41) is 8.72. The molecule has 0 aliphatic heterocycles. The van der Waals surface area contributed by atoms with Crippen LogP contribution in [0.2, 0.25) is 0 Å². The van der Waals surface area contributed by atoms with Crippen molar-refractivity contribution in [2.75, 3.05) is 13.7 Å². The van der Waals surface area contributed by atoms with E-state index in [9.17, 15) is 0 Å². The van der Waals surface area contributed by atoms with Crippen molar-refractivity contribution < 1.29 is 9.84 Å². The van der Waals surface area contributed by atoms with E-state index in [-0.39, 0.29) is 18.8 Å². The highest BCUT2D eigenvalue weighted by atomic mass is 16.5. The first-order valence-corrected chi connectivity index (χ1v) is 3.65. The Morgan fingerprint density at radius 3 is 2.50 bits per heavy atom. The average molecular weight is 147 g/mol. The summed E-state index contributed by atoms with van der Waals surface area (Å²) in [5.74, 6) is 0. The molecule has 3 N–H and O–H groups in total. The van der Waals surface area contributed by atoms with Crippen molar-refractivity contribution in [2.45, 2.75) is 31.9 Å². The lowest BCUT2D eigenvalue weighted by molar-refractivity contribution is 0.0292. The van der Waals surface area contributed by atoms with Crippen LogP contribution in [-0.4, -0.2) is 31.0 Å². The summed E-state index contributed by atoms with van der Waals surface area (Å²) in [5.41, 5.74) is 5.66. The van der Waals surface area contributed by atoms with E-state index in [4.69, 9.17) is 15.6 Å². The van der Waals surface area contributed by atoms with Gasteiger partial charge in [-0.25, -0.2) is 0 Å². The molecule has 2 atom stereocenters. The maximum Gasteiger partial charge on any atom is 0.0952 e. The van der Waals surface area contributed by atoms with Crippen molar-refractivity contribution in [2.24, 2.45) is 5.73 Å². The molecule has 0 saturated carbocycles. The van der Waals surface area contributed by atoms with Gasteiger partial charge in [-0.3, -0.25) is 0 Å². The Hall–Kier alpha value is -0.120. The van der Waals surface area contributed by atoms with Gasteiger partial charge in [0.1, 0.15) is 0 Å². The summed E-state index contributed by atoms with van der Waals surface area (Å²) >= 11 is 0. The number of methoxy groups -OCH3 is 1. The normalized spacial score (nSPS) is 16.8. The molecule has 0 bridgehead atoms. The van der Waals surface area contributed by atoms with Gasteiger partial charge < -0.3 is 15.6 Å². The zero-order valence-electron chi connectivity index (χ0n) is 6.71. The number of aliphatic hydroxyl groups is 1. The predicted octanol–water partition coefficient (Wildman–Crippen LogP) is 0.121. The first-order chi connectivity index (χ1) is 4.76. The lowest BCUT2D eigenvalue weighted by Crippen LogP contribution is -2.38. The van der Waals surface area contributed by atoms with Gasteiger partial charge in [0.15, 0.2) is 0 Å². The van der Waals surface area contributed by atoms with E-state index >= 15 is 0 Å². The molecular formula is C7H17NO2. The second-order valence-corrected chi connectivity index (χ2v) is 2.41. The van der Waals surface area contributed by atoms with Crippen molar-refractivity contribution in [3.05, 3.63) is 0 Å². The van der Waals surface area contributed by atoms with E-state index in [1.165, 1.54) is 0 Å². The monoisotopic (exact) mass is 147 g/mol. The van der Waals surface area contributed by atoms with Crippen LogP contribution in [0.4, 0.5) is 0 Å². The minimum absolute atomic E-state index is 0.0116. The molecule has 62 valence electrons. The van der Waals surface area contributed by atoms with Gasteiger partial charge in [-0.2, -0.15) is 0 Å². The number of rotatable bonds is 5. The Bertz CT molecular complexity index is 74.0. The van der Waals surface area contributed by atoms with Crippen molar-refractivity contribution in [3.8, 4) is 0 Å². The summed E-state index contributed by atoms with van der Waals surface area (Å²) in [6.45, 7) is 2.07. The summed E-state index contributed by atoms with van der Waals surface area (Å²) in [4.78, 5) is 0. The minimum atomic E-state index is -0.194. The standard InChI is InChI=1S/C7H17NO2/c1-3-4-6(8)7(5-9)10-2/h6-7,9H,3-5,8H2,1-2H3. The maximum atomic E-state index is 8.72. The molecule has 0 saturated heterocycles. The first-order valence-electron chi connectivity index (χ1n) is 3.65. The zero-order chi connectivity index (χ0) is 7.98. The van der Waals surface area contributed by atoms with Gasteiger partial charge in [0, 0.05) is 13.2 Å². The van der Waals surface area contributed by atoms with Crippen LogP contribution < -0.4 is 5.73 Å². The van der Waals surface area contributed by atoms with Crippen LogP contribution in [0.25, 0.3) is 0 Å². The van der Waals surface area contributed by atoms with Gasteiger partial charge in [-0.15, -0.1) is 0 Å². The SMILES string of the molecule is CCCC(N)C(CO)OC. The Morgan fingerprint density at radius 1 is 1.60 bits per heavy atom. The first kappa shape index (κ1) is 9.88. The third kappa shape index (κ3) is 3.15. The molecule has 0 aromatic rings. The lowest BCUT2D eigenvalue weighted by atomic mass is 10.1. The highest BCUT2D eigenvalue weighted by molar-refractivity contribution is 4.71. The number of hydrogen-bond donors (Lipinski definition) is 2. The van der Waals surface area contributed by atoms with Crippen LogP contribution in [0.1, 0.15) is 19.8 Å². The van der Waals surface area contributed by atoms with E-state index in [1.54, 1.807) is 7.11 Å². The maximum absolute atomic E-state index is 8.72. The molecule has 0 amide bonds. The van der Waals surface area contributed by atoms with Crippen LogP contribution in [0.5, 0.6) is 0 Å². The smallest absolute Gasteiger partial charge is 0.0952 e. The third-order valence-electron chi connectivity index (χ3n) is 1.58. The summed E-state index contributed by atoms with van der Waals surface area (Å²) in [6, 6.07) is -0.0278. The molecular weight excluding hydrogens is 130 g/mol. The van der Waals surface area contributed by atoms with Gasteiger partial charge >= 0.3 is 0 Å². The van der Waals surface area contributed by atoms with Gasteiger partial charge in [0.25, 0.3) is 0 Å². The molecule has 0 aromatic heterocycles. The summed E-state index contributed by atoms with van der Waals surface area (Å²) < 4.78 is 4.94. The molecule has 0 rings (SSSR count). The Labute approximate surface area is 62.2 Å². The molecule has 2 unspecified atom stereocenters. The van der Waals surface area contributed by atoms with Crippen molar-refractivity contribution in [3.63, 3.8) is 0 Å². The molecule has 0 aliphatic carbocycles. The lowest BCUT2D eigenvalue weighted by Gasteiger charge is -2.19. The fraction of sp³-hybridized carbons (Fsp3) is 1.00. The summed E-state index contributed by atoms with van der Waals surface area (Å²) in [7, 11) is 1.57. The highest BCUT2D eigenvalue weighted by Gasteiger charge is 2.14. The molecule has 0 heterocycles. The fourth-order valence-corrected chi connectivity index (χ4v) is 0.904. The average Bonchev–Trinajstić information content (AvgIpc) is 1.91. The van der Waals surface area contributed by atoms with Crippen LogP contribution in [0, 0.1) is 0 Å². The van der Waals surface area contributed by atoms with Gasteiger partial charge in [0.05, 0.1) is 12.7 Å². The van der Waals surface area contributed by atoms with Crippen molar-refractivity contribution in [1.29, 1.82) is 0 Å². The highest BCUT2D eigenvalue weighted by Crippen LogP contribution is 2.01. The Balaban J connectivity index is 3.53. The van der Waals surface area contributed by atoms with Crippen LogP contribution in [-0.2, 0) is 4.74 Å². The van der Waals surface area contributed by atoms with Gasteiger partial charge in [-0.1, -0.05) is 13.3 Å². The summed E-state index contributed by atoms with van der Waals surface area (Å²) in [6.07, 6.45) is 1.74. The van der Waals surface area contributed by atoms with Gasteiger partial charge in [0.2, 0.25) is 0 Å². The predicted molar refractivity (Wildman–Crippen MR) is 40.8 cm³/mol. The molecule has 0 aliphatic rings. The molecule has 3 heteroatoms. The number of ether oxygens (including phenoxy) is 1. The Morgan fingerprint density at radius 2 is 2.20 bits per heavy atom. The number of nitrogens with two attached hydrogens (primary N) is 1. The van der Waals surface area contributed by atoms with E-state index < -0.39 is 0 Å². The van der Waals surface area contributed by atoms with E-state index in [2.05, 4.69) is 6.92 Å². The van der Waals surface area contributed by atoms with Crippen LogP contribution in [0.3, 0.4) is 0 Å². The van der Waals surface area contributed by atoms with Crippen LogP contribution >= 0.6 is 0 Å². The molecule has 10 heavy (non-hydrogen) atoms. The van der Waals surface area contributed by atoms with E-state index in [1.807, 2.05) is 0 Å².